The van der Waals surface area contributed by atoms with E-state index in [0.29, 0.717) is 11.7 Å². The molecule has 0 unspecified atom stereocenters. The number of thiophene rings is 1. The Hall–Kier alpha value is -1.14. The summed E-state index contributed by atoms with van der Waals surface area (Å²) in [6.45, 7) is 8.34. The first-order valence-electron chi connectivity index (χ1n) is 9.70. The molecule has 4 nitrogen and oxygen atoms in total. The number of rotatable bonds is 3. The largest absolute Gasteiger partial charge is 0.342 e. The lowest BCUT2D eigenvalue weighted by Crippen LogP contribution is -2.40. The first-order chi connectivity index (χ1) is 12.5. The minimum absolute atomic E-state index is 0.253. The predicted octanol–water partition coefficient (Wildman–Crippen LogP) is 4.48. The molecule has 1 aliphatic heterocycles. The topological polar surface area (TPSA) is 46.1 Å². The molecule has 2 atom stereocenters. The van der Waals surface area contributed by atoms with Crippen molar-refractivity contribution >= 4 is 39.2 Å². The normalized spacial score (nSPS) is 23.3. The van der Waals surface area contributed by atoms with Crippen LogP contribution in [0, 0.1) is 18.8 Å². The van der Waals surface area contributed by atoms with Crippen molar-refractivity contribution in [1.29, 1.82) is 0 Å². The van der Waals surface area contributed by atoms with Crippen molar-refractivity contribution in [3.05, 3.63) is 16.3 Å². The standard InChI is InChI=1S/C20H27N3OS2/c1-12-6-7-15-16(9-12)26-20-18(15)19(21-14(3)22-20)25-11-17(24)23-8-4-5-13(2)10-23/h12-13H,4-11H2,1-3H3/t12-,13-/m1/s1. The fourth-order valence-electron chi connectivity index (χ4n) is 4.15. The number of fused-ring (bicyclic) bond motifs is 3. The number of carbonyl (C=O) groups is 1. The molecule has 0 aromatic carbocycles. The summed E-state index contributed by atoms with van der Waals surface area (Å²) in [7, 11) is 0. The van der Waals surface area contributed by atoms with E-state index in [-0.39, 0.29) is 5.91 Å². The lowest BCUT2D eigenvalue weighted by molar-refractivity contribution is -0.130. The van der Waals surface area contributed by atoms with E-state index in [0.717, 1.165) is 54.0 Å². The van der Waals surface area contributed by atoms with E-state index in [4.69, 9.17) is 9.97 Å². The number of aromatic nitrogens is 2. The third-order valence-electron chi connectivity index (χ3n) is 5.58. The summed E-state index contributed by atoms with van der Waals surface area (Å²) in [6.07, 6.45) is 5.88. The Kier molecular flexibility index (Phi) is 5.24. The zero-order valence-corrected chi connectivity index (χ0v) is 17.5. The van der Waals surface area contributed by atoms with Gasteiger partial charge in [0.2, 0.25) is 5.91 Å². The summed E-state index contributed by atoms with van der Waals surface area (Å²) < 4.78 is 0. The SMILES string of the molecule is Cc1nc(SCC(=O)N2CCC[C@@H](C)C2)c2c3c(sc2n1)C[C@H](C)CC3. The van der Waals surface area contributed by atoms with Crippen LogP contribution in [0.4, 0.5) is 0 Å². The van der Waals surface area contributed by atoms with Crippen LogP contribution in [0.3, 0.4) is 0 Å². The van der Waals surface area contributed by atoms with Crippen LogP contribution in [0.5, 0.6) is 0 Å². The van der Waals surface area contributed by atoms with Gasteiger partial charge in [0, 0.05) is 23.4 Å². The minimum atomic E-state index is 0.253. The first-order valence-corrected chi connectivity index (χ1v) is 11.5. The van der Waals surface area contributed by atoms with Gasteiger partial charge in [-0.3, -0.25) is 4.79 Å². The van der Waals surface area contributed by atoms with Crippen LogP contribution in [-0.2, 0) is 17.6 Å². The molecular weight excluding hydrogens is 362 g/mol. The highest BCUT2D eigenvalue weighted by molar-refractivity contribution is 8.00. The van der Waals surface area contributed by atoms with Crippen LogP contribution in [0.25, 0.3) is 10.2 Å². The Morgan fingerprint density at radius 1 is 1.27 bits per heavy atom. The number of hydrogen-bond donors (Lipinski definition) is 0. The van der Waals surface area contributed by atoms with Crippen LogP contribution < -0.4 is 0 Å². The Labute approximate surface area is 163 Å². The number of thioether (sulfide) groups is 1. The highest BCUT2D eigenvalue weighted by Gasteiger charge is 2.25. The molecule has 2 aliphatic rings. The first kappa shape index (κ1) is 18.2. The third kappa shape index (κ3) is 3.63. The molecule has 1 fully saturated rings. The average Bonchev–Trinajstić information content (AvgIpc) is 2.96. The molecule has 1 saturated heterocycles. The summed E-state index contributed by atoms with van der Waals surface area (Å²) in [5.41, 5.74) is 1.45. The Bertz CT molecular complexity index is 832. The Balaban J connectivity index is 1.57. The lowest BCUT2D eigenvalue weighted by atomic mass is 9.89. The fourth-order valence-corrected chi connectivity index (χ4v) is 6.65. The van der Waals surface area contributed by atoms with Crippen molar-refractivity contribution in [2.24, 2.45) is 11.8 Å². The maximum atomic E-state index is 12.7. The second-order valence-electron chi connectivity index (χ2n) is 7.98. The van der Waals surface area contributed by atoms with Crippen LogP contribution in [0.15, 0.2) is 5.03 Å². The maximum Gasteiger partial charge on any atom is 0.232 e. The van der Waals surface area contributed by atoms with E-state index < -0.39 is 0 Å². The number of piperidine rings is 1. The molecule has 0 saturated carbocycles. The molecule has 0 N–H and O–H groups in total. The summed E-state index contributed by atoms with van der Waals surface area (Å²) in [6, 6.07) is 0. The van der Waals surface area contributed by atoms with Gasteiger partial charge in [0.15, 0.2) is 0 Å². The number of aryl methyl sites for hydroxylation is 2. The van der Waals surface area contributed by atoms with E-state index >= 15 is 0 Å². The third-order valence-corrected chi connectivity index (χ3v) is 7.68. The molecule has 140 valence electrons. The van der Waals surface area contributed by atoms with Crippen LogP contribution >= 0.6 is 23.1 Å². The van der Waals surface area contributed by atoms with Gasteiger partial charge >= 0.3 is 0 Å². The van der Waals surface area contributed by atoms with Crippen LogP contribution in [-0.4, -0.2) is 39.6 Å². The predicted molar refractivity (Wildman–Crippen MR) is 109 cm³/mol. The van der Waals surface area contributed by atoms with Gasteiger partial charge in [0.05, 0.1) is 5.75 Å². The molecule has 0 spiro atoms. The number of amides is 1. The molecule has 1 amide bonds. The van der Waals surface area contributed by atoms with Crippen molar-refractivity contribution < 1.29 is 4.79 Å². The van der Waals surface area contributed by atoms with Crippen molar-refractivity contribution in [3.63, 3.8) is 0 Å². The zero-order chi connectivity index (χ0) is 18.3. The maximum absolute atomic E-state index is 12.7. The quantitative estimate of drug-likeness (QED) is 0.574. The van der Waals surface area contributed by atoms with Gasteiger partial charge < -0.3 is 4.90 Å². The van der Waals surface area contributed by atoms with Crippen molar-refractivity contribution in [2.75, 3.05) is 18.8 Å². The van der Waals surface area contributed by atoms with Gasteiger partial charge in [-0.05, 0) is 56.4 Å². The van der Waals surface area contributed by atoms with E-state index in [2.05, 4.69) is 13.8 Å². The molecule has 4 rings (SSSR count). The van der Waals surface area contributed by atoms with E-state index in [1.54, 1.807) is 11.8 Å². The summed E-state index contributed by atoms with van der Waals surface area (Å²) >= 11 is 3.44. The highest BCUT2D eigenvalue weighted by Crippen LogP contribution is 2.41. The molecule has 0 radical (unpaired) electrons. The van der Waals surface area contributed by atoms with Crippen molar-refractivity contribution in [1.82, 2.24) is 14.9 Å². The molecule has 26 heavy (non-hydrogen) atoms. The molecule has 6 heteroatoms. The minimum Gasteiger partial charge on any atom is -0.342 e. The second-order valence-corrected chi connectivity index (χ2v) is 10.0. The van der Waals surface area contributed by atoms with Gasteiger partial charge in [-0.15, -0.1) is 11.3 Å². The zero-order valence-electron chi connectivity index (χ0n) is 15.9. The summed E-state index contributed by atoms with van der Waals surface area (Å²) in [4.78, 5) is 26.7. The van der Waals surface area contributed by atoms with E-state index in [9.17, 15) is 4.79 Å². The molecule has 3 heterocycles. The van der Waals surface area contributed by atoms with Crippen molar-refractivity contribution in [2.45, 2.75) is 57.9 Å². The number of hydrogen-bond acceptors (Lipinski definition) is 5. The Morgan fingerprint density at radius 2 is 2.12 bits per heavy atom. The summed E-state index contributed by atoms with van der Waals surface area (Å²) in [5.74, 6) is 2.92. The average molecular weight is 390 g/mol. The van der Waals surface area contributed by atoms with E-state index in [1.165, 1.54) is 28.7 Å². The van der Waals surface area contributed by atoms with Gasteiger partial charge in [-0.25, -0.2) is 9.97 Å². The van der Waals surface area contributed by atoms with Gasteiger partial charge in [0.25, 0.3) is 0 Å². The monoisotopic (exact) mass is 389 g/mol. The molecule has 1 aliphatic carbocycles. The van der Waals surface area contributed by atoms with Crippen LogP contribution in [0.1, 0.15) is 49.4 Å². The molecule has 2 aromatic rings. The number of likely N-dealkylation sites (tertiary alicyclic amines) is 1. The highest BCUT2D eigenvalue weighted by atomic mass is 32.2. The summed E-state index contributed by atoms with van der Waals surface area (Å²) in [5, 5.41) is 2.24. The number of nitrogens with zero attached hydrogens (tertiary/aromatic N) is 3. The molecule has 2 aromatic heterocycles. The second kappa shape index (κ2) is 7.47. The number of carbonyl (C=O) groups excluding carboxylic acids is 1. The van der Waals surface area contributed by atoms with Gasteiger partial charge in [-0.1, -0.05) is 25.6 Å². The van der Waals surface area contributed by atoms with Gasteiger partial charge in [-0.2, -0.15) is 0 Å². The van der Waals surface area contributed by atoms with Gasteiger partial charge in [0.1, 0.15) is 15.7 Å². The Morgan fingerprint density at radius 3 is 2.92 bits per heavy atom. The van der Waals surface area contributed by atoms with Crippen molar-refractivity contribution in [3.8, 4) is 0 Å². The fraction of sp³-hybridized carbons (Fsp3) is 0.650. The molecule has 0 bridgehead atoms. The lowest BCUT2D eigenvalue weighted by Gasteiger charge is -2.30. The smallest absolute Gasteiger partial charge is 0.232 e. The molecular formula is C20H27N3OS2. The van der Waals surface area contributed by atoms with E-state index in [1.807, 2.05) is 23.2 Å². The van der Waals surface area contributed by atoms with Crippen LogP contribution in [0.2, 0.25) is 0 Å².